The van der Waals surface area contributed by atoms with Crippen LogP contribution in [0.4, 0.5) is 5.95 Å². The quantitative estimate of drug-likeness (QED) is 0.689. The normalized spacial score (nSPS) is 15.0. The van der Waals surface area contributed by atoms with Crippen LogP contribution in [0.25, 0.3) is 0 Å². The minimum absolute atomic E-state index is 0.119. The van der Waals surface area contributed by atoms with E-state index in [0.29, 0.717) is 37.9 Å². The molecule has 2 heterocycles. The van der Waals surface area contributed by atoms with Crippen molar-refractivity contribution in [2.45, 2.75) is 26.1 Å². The summed E-state index contributed by atoms with van der Waals surface area (Å²) in [5.74, 6) is 0.947. The van der Waals surface area contributed by atoms with Gasteiger partial charge in [-0.05, 0) is 24.6 Å². The van der Waals surface area contributed by atoms with E-state index >= 15 is 0 Å². The second kappa shape index (κ2) is 10.2. The first kappa shape index (κ1) is 21.8. The first-order valence-electron chi connectivity index (χ1n) is 9.87. The van der Waals surface area contributed by atoms with E-state index in [1.54, 1.807) is 14.2 Å². The zero-order chi connectivity index (χ0) is 21.5. The number of aromatic nitrogens is 2. The van der Waals surface area contributed by atoms with Gasteiger partial charge >= 0.3 is 0 Å². The molecule has 9 heteroatoms. The monoisotopic (exact) mass is 416 g/mol. The fraction of sp³-hybridized carbons (Fsp3) is 0.476. The summed E-state index contributed by atoms with van der Waals surface area (Å²) in [5.41, 5.74) is 1.19. The smallest absolute Gasteiger partial charge is 0.255 e. The molecule has 1 aromatic carbocycles. The minimum Gasteiger partial charge on any atom is -0.497 e. The van der Waals surface area contributed by atoms with E-state index in [2.05, 4.69) is 10.3 Å². The van der Waals surface area contributed by atoms with Gasteiger partial charge in [-0.1, -0.05) is 12.1 Å². The summed E-state index contributed by atoms with van der Waals surface area (Å²) in [7, 11) is 3.16. The lowest BCUT2D eigenvalue weighted by atomic mass is 10.1. The highest BCUT2D eigenvalue weighted by molar-refractivity contribution is 5.76. The highest BCUT2D eigenvalue weighted by Crippen LogP contribution is 2.18. The standard InChI is InChI=1S/C21H28N4O5/c1-15(16-4-6-18(29-3)7-5-16)22-19(26)13-25-20(27)12-17(14-28-2)23-21(25)24-8-10-30-11-9-24/h4-7,12,15H,8-11,13-14H2,1-3H3,(H,22,26). The van der Waals surface area contributed by atoms with Gasteiger partial charge in [0.2, 0.25) is 11.9 Å². The number of carbonyl (C=O) groups is 1. The van der Waals surface area contributed by atoms with Crippen LogP contribution in [0.5, 0.6) is 5.75 Å². The van der Waals surface area contributed by atoms with Crippen LogP contribution in [0.2, 0.25) is 0 Å². The number of anilines is 1. The number of methoxy groups -OCH3 is 2. The summed E-state index contributed by atoms with van der Waals surface area (Å²) in [5, 5.41) is 2.94. The van der Waals surface area contributed by atoms with Gasteiger partial charge in [-0.3, -0.25) is 14.2 Å². The van der Waals surface area contributed by atoms with Crippen molar-refractivity contribution in [3.05, 3.63) is 51.9 Å². The molecule has 2 aromatic rings. The van der Waals surface area contributed by atoms with Crippen molar-refractivity contribution in [3.8, 4) is 5.75 Å². The molecule has 0 aliphatic carbocycles. The molecular formula is C21H28N4O5. The van der Waals surface area contributed by atoms with E-state index < -0.39 is 0 Å². The molecule has 1 aliphatic rings. The molecule has 1 N–H and O–H groups in total. The largest absolute Gasteiger partial charge is 0.497 e. The molecule has 0 radical (unpaired) electrons. The lowest BCUT2D eigenvalue weighted by Gasteiger charge is -2.30. The third-order valence-electron chi connectivity index (χ3n) is 4.92. The van der Waals surface area contributed by atoms with Gasteiger partial charge in [-0.15, -0.1) is 0 Å². The molecule has 1 saturated heterocycles. The van der Waals surface area contributed by atoms with Crippen molar-refractivity contribution >= 4 is 11.9 Å². The summed E-state index contributed by atoms with van der Waals surface area (Å²) in [4.78, 5) is 32.0. The number of hydrogen-bond acceptors (Lipinski definition) is 7. The number of rotatable bonds is 8. The maximum absolute atomic E-state index is 12.8. The molecule has 1 fully saturated rings. The van der Waals surface area contributed by atoms with Gasteiger partial charge in [0, 0.05) is 26.3 Å². The molecule has 9 nitrogen and oxygen atoms in total. The van der Waals surface area contributed by atoms with E-state index in [4.69, 9.17) is 14.2 Å². The first-order valence-corrected chi connectivity index (χ1v) is 9.87. The van der Waals surface area contributed by atoms with Crippen LogP contribution in [0.1, 0.15) is 24.2 Å². The fourth-order valence-corrected chi connectivity index (χ4v) is 3.32. The van der Waals surface area contributed by atoms with Crippen molar-refractivity contribution < 1.29 is 19.0 Å². The molecule has 1 unspecified atom stereocenters. The van der Waals surface area contributed by atoms with E-state index in [1.165, 1.54) is 10.6 Å². The molecule has 0 saturated carbocycles. The second-order valence-electron chi connectivity index (χ2n) is 7.07. The number of benzene rings is 1. The van der Waals surface area contributed by atoms with Crippen molar-refractivity contribution in [1.82, 2.24) is 14.9 Å². The van der Waals surface area contributed by atoms with Gasteiger partial charge in [-0.2, -0.15) is 0 Å². The number of nitrogens with one attached hydrogen (secondary N) is 1. The lowest BCUT2D eigenvalue weighted by Crippen LogP contribution is -2.42. The van der Waals surface area contributed by atoms with Crippen LogP contribution in [-0.4, -0.2) is 56.0 Å². The third-order valence-corrected chi connectivity index (χ3v) is 4.92. The maximum atomic E-state index is 12.8. The Balaban J connectivity index is 1.78. The van der Waals surface area contributed by atoms with Gasteiger partial charge in [0.1, 0.15) is 12.3 Å². The topological polar surface area (TPSA) is 94.9 Å². The van der Waals surface area contributed by atoms with Gasteiger partial charge in [0.15, 0.2) is 0 Å². The Hall–Kier alpha value is -2.91. The highest BCUT2D eigenvalue weighted by Gasteiger charge is 2.21. The Morgan fingerprint density at radius 2 is 1.93 bits per heavy atom. The predicted octanol–water partition coefficient (Wildman–Crippen LogP) is 1.11. The van der Waals surface area contributed by atoms with Crippen LogP contribution >= 0.6 is 0 Å². The molecule has 1 aromatic heterocycles. The van der Waals surface area contributed by atoms with Gasteiger partial charge in [0.25, 0.3) is 5.56 Å². The molecule has 3 rings (SSSR count). The van der Waals surface area contributed by atoms with Crippen molar-refractivity contribution in [1.29, 1.82) is 0 Å². The Kier molecular flexibility index (Phi) is 7.42. The summed E-state index contributed by atoms with van der Waals surface area (Å²) in [6.07, 6.45) is 0. The average molecular weight is 416 g/mol. The number of morpholine rings is 1. The Morgan fingerprint density at radius 1 is 1.23 bits per heavy atom. The second-order valence-corrected chi connectivity index (χ2v) is 7.07. The lowest BCUT2D eigenvalue weighted by molar-refractivity contribution is -0.122. The van der Waals surface area contributed by atoms with Gasteiger partial charge in [-0.25, -0.2) is 4.98 Å². The molecule has 0 bridgehead atoms. The van der Waals surface area contributed by atoms with Crippen molar-refractivity contribution in [2.24, 2.45) is 0 Å². The molecule has 0 spiro atoms. The van der Waals surface area contributed by atoms with E-state index in [1.807, 2.05) is 36.1 Å². The Morgan fingerprint density at radius 3 is 2.57 bits per heavy atom. The Labute approximate surface area is 175 Å². The van der Waals surface area contributed by atoms with Crippen LogP contribution in [-0.2, 0) is 27.4 Å². The fourth-order valence-electron chi connectivity index (χ4n) is 3.32. The third kappa shape index (κ3) is 5.37. The minimum atomic E-state index is -0.286. The van der Waals surface area contributed by atoms with Crippen molar-refractivity contribution in [3.63, 3.8) is 0 Å². The number of carbonyl (C=O) groups excluding carboxylic acids is 1. The number of nitrogens with zero attached hydrogens (tertiary/aromatic N) is 3. The van der Waals surface area contributed by atoms with Crippen molar-refractivity contribution in [2.75, 3.05) is 45.4 Å². The zero-order valence-corrected chi connectivity index (χ0v) is 17.6. The molecule has 1 atom stereocenters. The van der Waals surface area contributed by atoms with E-state index in [0.717, 1.165) is 11.3 Å². The molecule has 1 amide bonds. The first-order chi connectivity index (χ1) is 14.5. The Bertz CT molecular complexity index is 907. The van der Waals surface area contributed by atoms with Gasteiger partial charge in [0.05, 0.1) is 38.7 Å². The predicted molar refractivity (Wildman–Crippen MR) is 112 cm³/mol. The number of ether oxygens (including phenoxy) is 3. The molecule has 1 aliphatic heterocycles. The van der Waals surface area contributed by atoms with Crippen LogP contribution < -0.4 is 20.5 Å². The molecular weight excluding hydrogens is 388 g/mol. The average Bonchev–Trinajstić information content (AvgIpc) is 2.76. The van der Waals surface area contributed by atoms with Crippen LogP contribution in [0.15, 0.2) is 35.1 Å². The highest BCUT2D eigenvalue weighted by atomic mass is 16.5. The maximum Gasteiger partial charge on any atom is 0.255 e. The summed E-state index contributed by atoms with van der Waals surface area (Å²) in [6.45, 7) is 4.31. The zero-order valence-electron chi connectivity index (χ0n) is 17.6. The van der Waals surface area contributed by atoms with E-state index in [9.17, 15) is 9.59 Å². The summed E-state index contributed by atoms with van der Waals surface area (Å²) < 4.78 is 17.1. The SMILES string of the molecule is COCc1cc(=O)n(CC(=O)NC(C)c2ccc(OC)cc2)c(N2CCOCC2)n1. The molecule has 30 heavy (non-hydrogen) atoms. The number of hydrogen-bond donors (Lipinski definition) is 1. The van der Waals surface area contributed by atoms with Gasteiger partial charge < -0.3 is 24.4 Å². The van der Waals surface area contributed by atoms with Crippen LogP contribution in [0, 0.1) is 0 Å². The molecule has 162 valence electrons. The van der Waals surface area contributed by atoms with Crippen LogP contribution in [0.3, 0.4) is 0 Å². The number of amides is 1. The summed E-state index contributed by atoms with van der Waals surface area (Å²) in [6, 6.07) is 8.68. The summed E-state index contributed by atoms with van der Waals surface area (Å²) >= 11 is 0. The van der Waals surface area contributed by atoms with E-state index in [-0.39, 0.29) is 30.7 Å².